The van der Waals surface area contributed by atoms with Crippen molar-refractivity contribution in [2.24, 2.45) is 11.3 Å². The molecule has 16 heavy (non-hydrogen) atoms. The van der Waals surface area contributed by atoms with Gasteiger partial charge in [0, 0.05) is 29.0 Å². The van der Waals surface area contributed by atoms with Crippen molar-refractivity contribution in [2.75, 3.05) is 0 Å². The van der Waals surface area contributed by atoms with Crippen molar-refractivity contribution in [1.82, 2.24) is 0 Å². The van der Waals surface area contributed by atoms with Gasteiger partial charge in [0.15, 0.2) is 0 Å². The third-order valence-corrected chi connectivity index (χ3v) is 3.94. The molecule has 0 heterocycles. The lowest BCUT2D eigenvalue weighted by Gasteiger charge is -2.51. The molecule has 0 spiro atoms. The first kappa shape index (κ1) is 11.8. The lowest BCUT2D eigenvalue weighted by atomic mass is 9.55. The third kappa shape index (κ3) is 1.81. The van der Waals surface area contributed by atoms with Gasteiger partial charge in [-0.05, 0) is 25.3 Å². The van der Waals surface area contributed by atoms with Crippen molar-refractivity contribution in [3.05, 3.63) is 23.3 Å². The zero-order chi connectivity index (χ0) is 12.0. The predicted octanol–water partition coefficient (Wildman–Crippen LogP) is 4.14. The van der Waals surface area contributed by atoms with Crippen LogP contribution in [0.15, 0.2) is 23.3 Å². The molecule has 88 valence electrons. The van der Waals surface area contributed by atoms with Crippen LogP contribution in [-0.2, 0) is 0 Å². The molecule has 0 saturated heterocycles. The van der Waals surface area contributed by atoms with Gasteiger partial charge in [0.05, 0.1) is 0 Å². The minimum atomic E-state index is -2.60. The molecule has 1 N–H and O–H groups in total. The average Bonchev–Trinajstić information content (AvgIpc) is 2.14. The Morgan fingerprint density at radius 2 is 2.12 bits per heavy atom. The van der Waals surface area contributed by atoms with Gasteiger partial charge in [0.2, 0.25) is 5.92 Å². The van der Waals surface area contributed by atoms with E-state index in [0.717, 1.165) is 0 Å². The summed E-state index contributed by atoms with van der Waals surface area (Å²) in [6, 6.07) is 0. The highest BCUT2D eigenvalue weighted by Crippen LogP contribution is 2.58. The highest BCUT2D eigenvalue weighted by Gasteiger charge is 2.60. The van der Waals surface area contributed by atoms with Gasteiger partial charge < -0.3 is 5.41 Å². The van der Waals surface area contributed by atoms with Crippen molar-refractivity contribution >= 4 is 17.3 Å². The molecular weight excluding hydrogens is 232 g/mol. The Kier molecular flexibility index (Phi) is 2.69. The van der Waals surface area contributed by atoms with Crippen LogP contribution in [0.4, 0.5) is 8.78 Å². The first-order valence-corrected chi connectivity index (χ1v) is 5.71. The zero-order valence-corrected chi connectivity index (χ0v) is 9.82. The summed E-state index contributed by atoms with van der Waals surface area (Å²) < 4.78 is 26.1. The second-order valence-electron chi connectivity index (χ2n) is 4.78. The van der Waals surface area contributed by atoms with E-state index < -0.39 is 11.3 Å². The van der Waals surface area contributed by atoms with Gasteiger partial charge in [-0.3, -0.25) is 0 Å². The Bertz CT molecular complexity index is 376. The van der Waals surface area contributed by atoms with E-state index in [9.17, 15) is 8.78 Å². The second kappa shape index (κ2) is 3.66. The van der Waals surface area contributed by atoms with Crippen LogP contribution in [0.25, 0.3) is 0 Å². The first-order chi connectivity index (χ1) is 7.36. The molecule has 4 heteroatoms. The predicted molar refractivity (Wildman–Crippen MR) is 61.2 cm³/mol. The third-order valence-electron chi connectivity index (χ3n) is 3.66. The molecule has 2 rings (SSSR count). The van der Waals surface area contributed by atoms with Crippen LogP contribution in [0.2, 0.25) is 0 Å². The van der Waals surface area contributed by atoms with Gasteiger partial charge in [0.1, 0.15) is 0 Å². The molecule has 0 aliphatic heterocycles. The van der Waals surface area contributed by atoms with E-state index in [4.69, 9.17) is 17.0 Å². The smallest absolute Gasteiger partial charge is 0.250 e. The highest BCUT2D eigenvalue weighted by atomic mass is 35.5. The van der Waals surface area contributed by atoms with Crippen LogP contribution in [0.1, 0.15) is 26.2 Å². The van der Waals surface area contributed by atoms with Gasteiger partial charge in [-0.25, -0.2) is 8.78 Å². The van der Waals surface area contributed by atoms with E-state index in [0.29, 0.717) is 17.2 Å². The minimum absolute atomic E-state index is 0.00729. The Labute approximate surface area is 98.7 Å². The summed E-state index contributed by atoms with van der Waals surface area (Å²) in [7, 11) is 0. The Morgan fingerprint density at radius 3 is 2.50 bits per heavy atom. The summed E-state index contributed by atoms with van der Waals surface area (Å²) in [5.74, 6) is -2.60. The summed E-state index contributed by atoms with van der Waals surface area (Å²) >= 11 is 5.80. The summed E-state index contributed by atoms with van der Waals surface area (Å²) in [5.41, 5.74) is -0.284. The molecule has 1 saturated carbocycles. The molecule has 2 aliphatic rings. The van der Waals surface area contributed by atoms with Crippen LogP contribution in [0.5, 0.6) is 0 Å². The lowest BCUT2D eigenvalue weighted by Crippen LogP contribution is -2.54. The normalized spacial score (nSPS) is 30.5. The minimum Gasteiger partial charge on any atom is -0.309 e. The fourth-order valence-electron chi connectivity index (χ4n) is 2.68. The van der Waals surface area contributed by atoms with Crippen molar-refractivity contribution in [1.29, 1.82) is 5.41 Å². The molecule has 0 radical (unpaired) electrons. The zero-order valence-electron chi connectivity index (χ0n) is 9.06. The number of halogens is 3. The molecule has 0 aromatic carbocycles. The van der Waals surface area contributed by atoms with E-state index in [-0.39, 0.29) is 18.8 Å². The number of allylic oxidation sites excluding steroid dienone is 4. The van der Waals surface area contributed by atoms with Gasteiger partial charge in [-0.2, -0.15) is 0 Å². The molecule has 2 aliphatic carbocycles. The standard InChI is InChI=1S/C12H14ClF2N/c1-8(16)11(6-12(14,15)7-11)9-2-4-10(13)5-3-9/h2,4-5,9,16H,3,6-7H2,1H3. The number of rotatable bonds is 2. The van der Waals surface area contributed by atoms with Crippen LogP contribution in [-0.4, -0.2) is 11.6 Å². The van der Waals surface area contributed by atoms with Crippen LogP contribution >= 0.6 is 11.6 Å². The maximum Gasteiger partial charge on any atom is 0.250 e. The quantitative estimate of drug-likeness (QED) is 0.707. The topological polar surface area (TPSA) is 23.9 Å². The van der Waals surface area contributed by atoms with Gasteiger partial charge in [-0.1, -0.05) is 23.8 Å². The summed E-state index contributed by atoms with van der Waals surface area (Å²) in [6.45, 7) is 1.63. The van der Waals surface area contributed by atoms with Crippen molar-refractivity contribution in [3.8, 4) is 0 Å². The summed E-state index contributed by atoms with van der Waals surface area (Å²) in [4.78, 5) is 0. The SMILES string of the molecule is CC(=N)C1(C2C=CC(Cl)=CC2)CC(F)(F)C1. The number of nitrogens with one attached hydrogen (secondary N) is 1. The average molecular weight is 246 g/mol. The Morgan fingerprint density at radius 1 is 1.50 bits per heavy atom. The van der Waals surface area contributed by atoms with Crippen molar-refractivity contribution in [3.63, 3.8) is 0 Å². The van der Waals surface area contributed by atoms with Crippen molar-refractivity contribution in [2.45, 2.75) is 32.1 Å². The van der Waals surface area contributed by atoms with Crippen LogP contribution < -0.4 is 0 Å². The first-order valence-electron chi connectivity index (χ1n) is 5.33. The van der Waals surface area contributed by atoms with E-state index in [1.807, 2.05) is 12.2 Å². The van der Waals surface area contributed by atoms with Gasteiger partial charge >= 0.3 is 0 Å². The molecule has 0 aromatic heterocycles. The molecule has 0 amide bonds. The van der Waals surface area contributed by atoms with Gasteiger partial charge in [0.25, 0.3) is 0 Å². The van der Waals surface area contributed by atoms with E-state index in [1.165, 1.54) is 0 Å². The molecule has 1 atom stereocenters. The molecule has 0 aromatic rings. The highest BCUT2D eigenvalue weighted by molar-refractivity contribution is 6.31. The molecule has 1 fully saturated rings. The summed E-state index contributed by atoms with van der Waals surface area (Å²) in [5, 5.41) is 8.39. The molecule has 0 bridgehead atoms. The van der Waals surface area contributed by atoms with E-state index in [1.54, 1.807) is 13.0 Å². The van der Waals surface area contributed by atoms with Crippen LogP contribution in [0, 0.1) is 16.7 Å². The molecule has 1 unspecified atom stereocenters. The van der Waals surface area contributed by atoms with Gasteiger partial charge in [-0.15, -0.1) is 0 Å². The monoisotopic (exact) mass is 245 g/mol. The number of alkyl halides is 2. The summed E-state index contributed by atoms with van der Waals surface area (Å²) in [6.07, 6.45) is 5.72. The Hall–Kier alpha value is -0.700. The largest absolute Gasteiger partial charge is 0.309 e. The maximum atomic E-state index is 13.1. The lowest BCUT2D eigenvalue weighted by molar-refractivity contribution is -0.146. The molecular formula is C12H14ClF2N. The van der Waals surface area contributed by atoms with Crippen molar-refractivity contribution < 1.29 is 8.78 Å². The second-order valence-corrected chi connectivity index (χ2v) is 5.22. The molecule has 1 nitrogen and oxygen atoms in total. The van der Waals surface area contributed by atoms with E-state index >= 15 is 0 Å². The fraction of sp³-hybridized carbons (Fsp3) is 0.583. The number of hydrogen-bond acceptors (Lipinski definition) is 1. The Balaban J connectivity index is 2.18. The van der Waals surface area contributed by atoms with Crippen LogP contribution in [0.3, 0.4) is 0 Å². The number of hydrogen-bond donors (Lipinski definition) is 1. The fourth-order valence-corrected chi connectivity index (χ4v) is 2.84. The maximum absolute atomic E-state index is 13.1. The van der Waals surface area contributed by atoms with E-state index in [2.05, 4.69) is 0 Å².